The summed E-state index contributed by atoms with van der Waals surface area (Å²) in [5.74, 6) is 0. The molecule has 0 spiro atoms. The summed E-state index contributed by atoms with van der Waals surface area (Å²) in [6.07, 6.45) is 29.5. The van der Waals surface area contributed by atoms with Crippen molar-refractivity contribution in [2.45, 2.75) is 129 Å². The van der Waals surface area contributed by atoms with Gasteiger partial charge in [0.2, 0.25) is 0 Å². The predicted octanol–water partition coefficient (Wildman–Crippen LogP) is 8.43. The molecule has 0 rings (SSSR count). The van der Waals surface area contributed by atoms with Gasteiger partial charge in [0.25, 0.3) is 0 Å². The van der Waals surface area contributed by atoms with Crippen molar-refractivity contribution in [3.8, 4) is 0 Å². The smallest absolute Gasteiger partial charge is 0.0571 e. The van der Waals surface area contributed by atoms with Gasteiger partial charge in [-0.3, -0.25) is 0 Å². The second kappa shape index (κ2) is 21.7. The minimum Gasteiger partial charge on any atom is -0.381 e. The van der Waals surface area contributed by atoms with E-state index in [1.54, 1.807) is 0 Å². The first kappa shape index (κ1) is 24.7. The zero-order valence-electron chi connectivity index (χ0n) is 17.6. The Morgan fingerprint density at radius 2 is 1.12 bits per heavy atom. The van der Waals surface area contributed by atoms with Gasteiger partial charge in [-0.2, -0.15) is 0 Å². The summed E-state index contributed by atoms with van der Waals surface area (Å²) in [7, 11) is 1.86. The van der Waals surface area contributed by atoms with Crippen LogP contribution in [0.25, 0.3) is 0 Å². The Hall–Kier alpha value is -0.300. The molecule has 0 aliphatic carbocycles. The standard InChI is InChI=1S/C24H47O/c1-4-6-7-8-9-10-11-12-13-14-15-16-17-18-19-20-21-23-24(25-3)22-5-2/h4,6,24H,1,5,7-23H2,2-3H3. The van der Waals surface area contributed by atoms with E-state index in [-0.39, 0.29) is 0 Å². The third kappa shape index (κ3) is 19.9. The lowest BCUT2D eigenvalue weighted by atomic mass is 10.0. The van der Waals surface area contributed by atoms with Gasteiger partial charge in [-0.15, -0.1) is 0 Å². The molecule has 0 amide bonds. The van der Waals surface area contributed by atoms with E-state index < -0.39 is 0 Å². The zero-order valence-corrected chi connectivity index (χ0v) is 17.6. The zero-order chi connectivity index (χ0) is 18.4. The van der Waals surface area contributed by atoms with Crippen LogP contribution in [0.15, 0.2) is 12.2 Å². The third-order valence-corrected chi connectivity index (χ3v) is 5.26. The number of unbranched alkanes of at least 4 members (excludes halogenated alkanes) is 14. The molecule has 1 atom stereocenters. The number of ether oxygens (including phenoxy) is 1. The van der Waals surface area contributed by atoms with Crippen molar-refractivity contribution in [2.75, 3.05) is 7.11 Å². The van der Waals surface area contributed by atoms with Gasteiger partial charge >= 0.3 is 0 Å². The largest absolute Gasteiger partial charge is 0.381 e. The number of allylic oxidation sites excluding steroid dienone is 2. The summed E-state index contributed by atoms with van der Waals surface area (Å²) in [6.45, 7) is 5.97. The maximum absolute atomic E-state index is 5.51. The molecule has 0 bridgehead atoms. The van der Waals surface area contributed by atoms with Crippen molar-refractivity contribution in [3.63, 3.8) is 0 Å². The summed E-state index contributed by atoms with van der Waals surface area (Å²) in [5.41, 5.74) is 0. The van der Waals surface area contributed by atoms with Crippen LogP contribution in [0.2, 0.25) is 0 Å². The van der Waals surface area contributed by atoms with Gasteiger partial charge in [-0.05, 0) is 32.6 Å². The fraction of sp³-hybridized carbons (Fsp3) is 0.875. The monoisotopic (exact) mass is 351 g/mol. The minimum atomic E-state index is 0.510. The molecule has 0 saturated heterocycles. The van der Waals surface area contributed by atoms with E-state index >= 15 is 0 Å². The van der Waals surface area contributed by atoms with Gasteiger partial charge in [-0.25, -0.2) is 0 Å². The lowest BCUT2D eigenvalue weighted by molar-refractivity contribution is 0.0849. The van der Waals surface area contributed by atoms with Gasteiger partial charge < -0.3 is 4.74 Å². The Labute approximate surface area is 160 Å². The molecule has 0 aromatic rings. The van der Waals surface area contributed by atoms with E-state index in [2.05, 4.69) is 19.9 Å². The van der Waals surface area contributed by atoms with Gasteiger partial charge in [0.1, 0.15) is 0 Å². The number of methoxy groups -OCH3 is 1. The van der Waals surface area contributed by atoms with Crippen LogP contribution < -0.4 is 0 Å². The highest BCUT2D eigenvalue weighted by Crippen LogP contribution is 2.15. The Morgan fingerprint density at radius 1 is 0.680 bits per heavy atom. The average Bonchev–Trinajstić information content (AvgIpc) is 2.63. The Morgan fingerprint density at radius 3 is 1.52 bits per heavy atom. The number of hydrogen-bond donors (Lipinski definition) is 0. The maximum atomic E-state index is 5.51. The second-order valence-electron chi connectivity index (χ2n) is 7.64. The molecule has 1 unspecified atom stereocenters. The van der Waals surface area contributed by atoms with Gasteiger partial charge in [0.05, 0.1) is 6.10 Å². The molecule has 25 heavy (non-hydrogen) atoms. The first-order valence-electron chi connectivity index (χ1n) is 11.3. The van der Waals surface area contributed by atoms with Crippen LogP contribution in [0.4, 0.5) is 0 Å². The van der Waals surface area contributed by atoms with Crippen LogP contribution in [0.5, 0.6) is 0 Å². The van der Waals surface area contributed by atoms with Crippen LogP contribution in [-0.2, 0) is 4.74 Å². The number of rotatable bonds is 20. The van der Waals surface area contributed by atoms with Crippen molar-refractivity contribution in [3.05, 3.63) is 19.1 Å². The summed E-state index contributed by atoms with van der Waals surface area (Å²) in [6, 6.07) is 0. The molecular formula is C24H47O. The molecule has 0 aliphatic heterocycles. The van der Waals surface area contributed by atoms with E-state index in [9.17, 15) is 0 Å². The molecule has 0 saturated carbocycles. The quantitative estimate of drug-likeness (QED) is 0.200. The number of hydrogen-bond acceptors (Lipinski definition) is 1. The maximum Gasteiger partial charge on any atom is 0.0571 e. The first-order chi connectivity index (χ1) is 12.3. The van der Waals surface area contributed by atoms with E-state index in [0.717, 1.165) is 0 Å². The molecular weight excluding hydrogens is 304 g/mol. The third-order valence-electron chi connectivity index (χ3n) is 5.26. The molecule has 0 aromatic carbocycles. The first-order valence-corrected chi connectivity index (χ1v) is 11.3. The van der Waals surface area contributed by atoms with E-state index in [0.29, 0.717) is 6.10 Å². The summed E-state index contributed by atoms with van der Waals surface area (Å²) in [4.78, 5) is 0. The Balaban J connectivity index is 3.09. The molecule has 1 radical (unpaired) electrons. The van der Waals surface area contributed by atoms with E-state index in [4.69, 9.17) is 4.74 Å². The molecule has 149 valence electrons. The van der Waals surface area contributed by atoms with Crippen molar-refractivity contribution < 1.29 is 4.74 Å². The SMILES string of the molecule is [CH2]C=CCCCCCCCCCCCCCCCCC(CCC)OC. The lowest BCUT2D eigenvalue weighted by Crippen LogP contribution is -2.09. The average molecular weight is 352 g/mol. The molecule has 0 aromatic heterocycles. The fourth-order valence-electron chi connectivity index (χ4n) is 3.58. The van der Waals surface area contributed by atoms with Crippen molar-refractivity contribution >= 4 is 0 Å². The van der Waals surface area contributed by atoms with E-state index in [1.807, 2.05) is 13.2 Å². The van der Waals surface area contributed by atoms with Crippen LogP contribution in [-0.4, -0.2) is 13.2 Å². The minimum absolute atomic E-state index is 0.510. The molecule has 0 N–H and O–H groups in total. The van der Waals surface area contributed by atoms with Gasteiger partial charge in [0.15, 0.2) is 0 Å². The topological polar surface area (TPSA) is 9.23 Å². The van der Waals surface area contributed by atoms with Crippen molar-refractivity contribution in [2.24, 2.45) is 0 Å². The predicted molar refractivity (Wildman–Crippen MR) is 114 cm³/mol. The summed E-state index contributed by atoms with van der Waals surface area (Å²) in [5, 5.41) is 0. The lowest BCUT2D eigenvalue weighted by Gasteiger charge is -2.13. The van der Waals surface area contributed by atoms with Crippen molar-refractivity contribution in [1.29, 1.82) is 0 Å². The summed E-state index contributed by atoms with van der Waals surface area (Å²) < 4.78 is 5.51. The van der Waals surface area contributed by atoms with Crippen LogP contribution in [0.1, 0.15) is 122 Å². The highest BCUT2D eigenvalue weighted by molar-refractivity contribution is 4.83. The fourth-order valence-corrected chi connectivity index (χ4v) is 3.58. The van der Waals surface area contributed by atoms with Crippen LogP contribution >= 0.6 is 0 Å². The van der Waals surface area contributed by atoms with Crippen molar-refractivity contribution in [1.82, 2.24) is 0 Å². The Kier molecular flexibility index (Phi) is 21.5. The van der Waals surface area contributed by atoms with Crippen LogP contribution in [0, 0.1) is 6.92 Å². The Bertz CT molecular complexity index is 259. The van der Waals surface area contributed by atoms with Gasteiger partial charge in [-0.1, -0.05) is 109 Å². The normalized spacial score (nSPS) is 12.9. The summed E-state index contributed by atoms with van der Waals surface area (Å²) >= 11 is 0. The second-order valence-corrected chi connectivity index (χ2v) is 7.64. The van der Waals surface area contributed by atoms with Crippen LogP contribution in [0.3, 0.4) is 0 Å². The van der Waals surface area contributed by atoms with Gasteiger partial charge in [0, 0.05) is 7.11 Å². The highest BCUT2D eigenvalue weighted by atomic mass is 16.5. The highest BCUT2D eigenvalue weighted by Gasteiger charge is 2.04. The molecule has 1 nitrogen and oxygen atoms in total. The van der Waals surface area contributed by atoms with E-state index in [1.165, 1.54) is 116 Å². The molecule has 0 heterocycles. The molecule has 0 fully saturated rings. The molecule has 0 aliphatic rings. The molecule has 1 heteroatoms.